The Kier molecular flexibility index (Phi) is 2.32. The fourth-order valence-corrected chi connectivity index (χ4v) is 1.28. The van der Waals surface area contributed by atoms with E-state index in [-0.39, 0.29) is 11.4 Å². The third kappa shape index (κ3) is 1.72. The maximum absolute atomic E-state index is 12.9. The van der Waals surface area contributed by atoms with Crippen molar-refractivity contribution in [2.75, 3.05) is 5.73 Å². The number of carboxylic acid groups (broad SMARTS) is 1. The lowest BCUT2D eigenvalue weighted by Gasteiger charge is -1.99. The van der Waals surface area contributed by atoms with Crippen molar-refractivity contribution in [2.24, 2.45) is 0 Å². The number of carboxylic acids is 1. The van der Waals surface area contributed by atoms with E-state index in [9.17, 15) is 9.18 Å². The summed E-state index contributed by atoms with van der Waals surface area (Å²) in [6, 6.07) is 5.44. The molecule has 0 saturated heterocycles. The second-order valence-electron chi connectivity index (χ2n) is 3.21. The third-order valence-electron chi connectivity index (χ3n) is 2.10. The molecule has 0 spiro atoms. The molecular weight excluding hydrogens is 213 g/mol. The second-order valence-corrected chi connectivity index (χ2v) is 3.21. The lowest BCUT2D eigenvalue weighted by Crippen LogP contribution is -1.95. The highest BCUT2D eigenvalue weighted by molar-refractivity contribution is 5.86. The predicted molar refractivity (Wildman–Crippen MR) is 55.4 cm³/mol. The van der Waals surface area contributed by atoms with Crippen LogP contribution in [-0.2, 0) is 0 Å². The van der Waals surface area contributed by atoms with Gasteiger partial charge in [0.25, 0.3) is 0 Å². The Morgan fingerprint density at radius 3 is 2.75 bits per heavy atom. The van der Waals surface area contributed by atoms with Crippen molar-refractivity contribution in [3.63, 3.8) is 0 Å². The Hall–Kier alpha value is -2.37. The van der Waals surface area contributed by atoms with E-state index in [4.69, 9.17) is 10.8 Å². The van der Waals surface area contributed by atoms with Gasteiger partial charge >= 0.3 is 5.97 Å². The summed E-state index contributed by atoms with van der Waals surface area (Å²) in [5, 5.41) is 14.8. The number of nitrogen functional groups attached to an aromatic ring is 1. The van der Waals surface area contributed by atoms with Gasteiger partial charge in [-0.25, -0.2) is 9.18 Å². The number of aromatic carboxylic acids is 1. The van der Waals surface area contributed by atoms with Crippen LogP contribution < -0.4 is 5.73 Å². The third-order valence-corrected chi connectivity index (χ3v) is 2.10. The molecule has 0 saturated carbocycles. The van der Waals surface area contributed by atoms with Gasteiger partial charge in [0.1, 0.15) is 11.5 Å². The van der Waals surface area contributed by atoms with E-state index in [1.165, 1.54) is 24.3 Å². The molecule has 4 N–H and O–H groups in total. The first-order valence-corrected chi connectivity index (χ1v) is 4.42. The number of hydrogen-bond donors (Lipinski definition) is 3. The van der Waals surface area contributed by atoms with Gasteiger partial charge in [-0.05, 0) is 24.3 Å². The number of benzene rings is 1. The average molecular weight is 221 g/mol. The number of anilines is 1. The molecule has 6 heteroatoms. The minimum Gasteiger partial charge on any atom is -0.477 e. The van der Waals surface area contributed by atoms with E-state index in [1.807, 2.05) is 0 Å². The normalized spacial score (nSPS) is 10.3. The van der Waals surface area contributed by atoms with Crippen LogP contribution in [0, 0.1) is 5.82 Å². The van der Waals surface area contributed by atoms with Gasteiger partial charge in [-0.15, -0.1) is 0 Å². The molecule has 1 aromatic heterocycles. The predicted octanol–water partition coefficient (Wildman–Crippen LogP) is 1.50. The minimum absolute atomic E-state index is 0.00243. The molecule has 0 aliphatic carbocycles. The number of nitrogens with zero attached hydrogens (tertiary/aromatic N) is 1. The van der Waals surface area contributed by atoms with Gasteiger partial charge in [0.05, 0.1) is 11.4 Å². The van der Waals surface area contributed by atoms with Gasteiger partial charge in [-0.3, -0.25) is 5.10 Å². The zero-order chi connectivity index (χ0) is 11.7. The lowest BCUT2D eigenvalue weighted by atomic mass is 10.1. The van der Waals surface area contributed by atoms with Crippen molar-refractivity contribution >= 4 is 11.7 Å². The number of H-pyrrole nitrogens is 1. The molecule has 0 amide bonds. The first-order chi connectivity index (χ1) is 7.58. The average Bonchev–Trinajstić information content (AvgIpc) is 2.71. The zero-order valence-corrected chi connectivity index (χ0v) is 8.07. The fourth-order valence-electron chi connectivity index (χ4n) is 1.28. The SMILES string of the molecule is Nc1cc(-c2cc(C(=O)O)[nH]n2)ccc1F. The first-order valence-electron chi connectivity index (χ1n) is 4.42. The fraction of sp³-hybridized carbons (Fsp3) is 0. The zero-order valence-electron chi connectivity index (χ0n) is 8.07. The van der Waals surface area contributed by atoms with Crippen molar-refractivity contribution < 1.29 is 14.3 Å². The van der Waals surface area contributed by atoms with Crippen LogP contribution in [0.3, 0.4) is 0 Å². The van der Waals surface area contributed by atoms with Gasteiger partial charge in [-0.2, -0.15) is 5.10 Å². The summed E-state index contributed by atoms with van der Waals surface area (Å²) >= 11 is 0. The van der Waals surface area contributed by atoms with E-state index >= 15 is 0 Å². The molecule has 2 aromatic rings. The standard InChI is InChI=1S/C10H8FN3O2/c11-6-2-1-5(3-7(6)12)8-4-9(10(15)16)14-13-8/h1-4H,12H2,(H,13,14)(H,15,16). The number of rotatable bonds is 2. The van der Waals surface area contributed by atoms with Crippen LogP contribution in [-0.4, -0.2) is 21.3 Å². The number of nitrogens with one attached hydrogen (secondary N) is 1. The van der Waals surface area contributed by atoms with Gasteiger partial charge in [0.15, 0.2) is 0 Å². The second kappa shape index (κ2) is 3.65. The van der Waals surface area contributed by atoms with Gasteiger partial charge in [0.2, 0.25) is 0 Å². The van der Waals surface area contributed by atoms with Crippen molar-refractivity contribution in [1.82, 2.24) is 10.2 Å². The Bertz CT molecular complexity index is 551. The maximum atomic E-state index is 12.9. The smallest absolute Gasteiger partial charge is 0.353 e. The highest BCUT2D eigenvalue weighted by Gasteiger charge is 2.10. The first kappa shape index (κ1) is 10.2. The van der Waals surface area contributed by atoms with Crippen LogP contribution in [0.2, 0.25) is 0 Å². The van der Waals surface area contributed by atoms with Crippen molar-refractivity contribution in [3.05, 3.63) is 35.8 Å². The summed E-state index contributed by atoms with van der Waals surface area (Å²) in [4.78, 5) is 10.6. The summed E-state index contributed by atoms with van der Waals surface area (Å²) in [6.07, 6.45) is 0. The van der Waals surface area contributed by atoms with Crippen molar-refractivity contribution in [1.29, 1.82) is 0 Å². The number of hydrogen-bond acceptors (Lipinski definition) is 3. The highest BCUT2D eigenvalue weighted by Crippen LogP contribution is 2.22. The van der Waals surface area contributed by atoms with E-state index < -0.39 is 11.8 Å². The maximum Gasteiger partial charge on any atom is 0.353 e. The molecule has 0 aliphatic heterocycles. The minimum atomic E-state index is -1.10. The largest absolute Gasteiger partial charge is 0.477 e. The summed E-state index contributed by atoms with van der Waals surface area (Å²) in [5.41, 5.74) is 6.33. The van der Waals surface area contributed by atoms with Gasteiger partial charge in [-0.1, -0.05) is 0 Å². The molecule has 82 valence electrons. The Morgan fingerprint density at radius 1 is 1.44 bits per heavy atom. The van der Waals surface area contributed by atoms with Crippen molar-refractivity contribution in [2.45, 2.75) is 0 Å². The number of aromatic nitrogens is 2. The van der Waals surface area contributed by atoms with Gasteiger partial charge in [0, 0.05) is 5.56 Å². The van der Waals surface area contributed by atoms with Gasteiger partial charge < -0.3 is 10.8 Å². The molecule has 2 rings (SSSR count). The van der Waals surface area contributed by atoms with Crippen LogP contribution >= 0.6 is 0 Å². The van der Waals surface area contributed by atoms with E-state index in [0.717, 1.165) is 0 Å². The molecule has 0 fully saturated rings. The molecule has 0 aliphatic rings. The summed E-state index contributed by atoms with van der Waals surface area (Å²) < 4.78 is 12.9. The van der Waals surface area contributed by atoms with E-state index in [1.54, 1.807) is 0 Å². The van der Waals surface area contributed by atoms with Crippen LogP contribution in [0.4, 0.5) is 10.1 Å². The number of halogens is 1. The molecule has 16 heavy (non-hydrogen) atoms. The summed E-state index contributed by atoms with van der Waals surface area (Å²) in [5.74, 6) is -1.62. The Labute approximate surface area is 89.7 Å². The lowest BCUT2D eigenvalue weighted by molar-refractivity contribution is 0.0690. The molecule has 5 nitrogen and oxygen atoms in total. The molecule has 0 unspecified atom stereocenters. The topological polar surface area (TPSA) is 92.0 Å². The molecule has 0 bridgehead atoms. The molecule has 0 atom stereocenters. The van der Waals surface area contributed by atoms with E-state index in [2.05, 4.69) is 10.2 Å². The highest BCUT2D eigenvalue weighted by atomic mass is 19.1. The number of aromatic amines is 1. The molecular formula is C10H8FN3O2. The van der Waals surface area contributed by atoms with Crippen LogP contribution in [0.15, 0.2) is 24.3 Å². The number of carbonyl (C=O) groups is 1. The van der Waals surface area contributed by atoms with Crippen LogP contribution in [0.25, 0.3) is 11.3 Å². The van der Waals surface area contributed by atoms with Crippen LogP contribution in [0.1, 0.15) is 10.5 Å². The molecule has 1 heterocycles. The molecule has 0 radical (unpaired) electrons. The monoisotopic (exact) mass is 221 g/mol. The Morgan fingerprint density at radius 2 is 2.19 bits per heavy atom. The Balaban J connectivity index is 2.42. The number of nitrogens with two attached hydrogens (primary N) is 1. The molecule has 1 aromatic carbocycles. The van der Waals surface area contributed by atoms with E-state index in [0.29, 0.717) is 11.3 Å². The quantitative estimate of drug-likeness (QED) is 0.670. The van der Waals surface area contributed by atoms with Crippen LogP contribution in [0.5, 0.6) is 0 Å². The van der Waals surface area contributed by atoms with Crippen molar-refractivity contribution in [3.8, 4) is 11.3 Å². The summed E-state index contributed by atoms with van der Waals surface area (Å²) in [6.45, 7) is 0. The summed E-state index contributed by atoms with van der Waals surface area (Å²) in [7, 11) is 0.